The molecule has 1 N–H and O–H groups in total. The molecule has 96 valence electrons. The number of hydrogen-bond acceptors (Lipinski definition) is 5. The van der Waals surface area contributed by atoms with Crippen LogP contribution in [0.15, 0.2) is 18.5 Å². The van der Waals surface area contributed by atoms with E-state index in [1.165, 1.54) is 14.2 Å². The smallest absolute Gasteiger partial charge is 0.187 e. The van der Waals surface area contributed by atoms with Crippen molar-refractivity contribution in [3.8, 4) is 5.75 Å². The second kappa shape index (κ2) is 6.54. The lowest BCUT2D eigenvalue weighted by atomic mass is 10.1. The van der Waals surface area contributed by atoms with Crippen LogP contribution in [0.25, 0.3) is 0 Å². The number of ether oxygens (including phenoxy) is 3. The van der Waals surface area contributed by atoms with E-state index >= 15 is 0 Å². The van der Waals surface area contributed by atoms with Gasteiger partial charge < -0.3 is 19.3 Å². The number of rotatable bonds is 6. The second-order valence-electron chi connectivity index (χ2n) is 3.91. The molecule has 5 nitrogen and oxygen atoms in total. The molecule has 0 radical (unpaired) electrons. The third kappa shape index (κ3) is 3.96. The lowest BCUT2D eigenvalue weighted by Gasteiger charge is -2.20. The number of nitrogens with zero attached hydrogens (tertiary/aromatic N) is 1. The summed E-state index contributed by atoms with van der Waals surface area (Å²) in [5.74, 6) is 0.613. The van der Waals surface area contributed by atoms with E-state index in [4.69, 9.17) is 14.2 Å². The van der Waals surface area contributed by atoms with Gasteiger partial charge in [0, 0.05) is 26.0 Å². The Morgan fingerprint density at radius 3 is 2.35 bits per heavy atom. The van der Waals surface area contributed by atoms with E-state index in [1.807, 2.05) is 13.8 Å². The molecule has 0 spiro atoms. The molecule has 17 heavy (non-hydrogen) atoms. The predicted molar refractivity (Wildman–Crippen MR) is 62.8 cm³/mol. The minimum atomic E-state index is -0.895. The van der Waals surface area contributed by atoms with Gasteiger partial charge in [-0.25, -0.2) is 0 Å². The van der Waals surface area contributed by atoms with Gasteiger partial charge in [0.25, 0.3) is 0 Å². The average Bonchev–Trinajstić information content (AvgIpc) is 2.30. The zero-order chi connectivity index (χ0) is 12.8. The molecular formula is C12H19NO4. The highest BCUT2D eigenvalue weighted by Crippen LogP contribution is 2.22. The van der Waals surface area contributed by atoms with Crippen molar-refractivity contribution in [2.45, 2.75) is 32.3 Å². The van der Waals surface area contributed by atoms with Gasteiger partial charge in [-0.15, -0.1) is 0 Å². The molecule has 1 unspecified atom stereocenters. The first-order chi connectivity index (χ1) is 8.08. The van der Waals surface area contributed by atoms with Gasteiger partial charge in [-0.3, -0.25) is 4.98 Å². The molecule has 0 aliphatic carbocycles. The molecule has 0 bridgehead atoms. The fourth-order valence-corrected chi connectivity index (χ4v) is 1.45. The maximum Gasteiger partial charge on any atom is 0.187 e. The number of aliphatic hydroxyl groups excluding tert-OH is 1. The number of aromatic nitrogens is 1. The molecule has 1 aromatic heterocycles. The quantitative estimate of drug-likeness (QED) is 0.765. The largest absolute Gasteiger partial charge is 0.489 e. The molecular weight excluding hydrogens is 222 g/mol. The van der Waals surface area contributed by atoms with Crippen molar-refractivity contribution in [1.29, 1.82) is 0 Å². The zero-order valence-corrected chi connectivity index (χ0v) is 10.6. The van der Waals surface area contributed by atoms with Crippen molar-refractivity contribution in [2.75, 3.05) is 14.2 Å². The number of aliphatic hydroxyl groups is 1. The van der Waals surface area contributed by atoms with Gasteiger partial charge >= 0.3 is 0 Å². The van der Waals surface area contributed by atoms with Crippen molar-refractivity contribution >= 4 is 0 Å². The van der Waals surface area contributed by atoms with Crippen LogP contribution >= 0.6 is 0 Å². The molecule has 0 aliphatic heterocycles. The SMILES string of the molecule is COC(OC)C(O)c1cncc(OC(C)C)c1. The summed E-state index contributed by atoms with van der Waals surface area (Å²) in [5, 5.41) is 9.99. The Hall–Kier alpha value is -1.17. The van der Waals surface area contributed by atoms with Crippen LogP contribution in [0.2, 0.25) is 0 Å². The first-order valence-corrected chi connectivity index (χ1v) is 5.43. The van der Waals surface area contributed by atoms with Gasteiger partial charge in [0.2, 0.25) is 0 Å². The summed E-state index contributed by atoms with van der Waals surface area (Å²) in [6.07, 6.45) is 1.61. The Labute approximate surface area is 101 Å². The highest BCUT2D eigenvalue weighted by Gasteiger charge is 2.20. The number of pyridine rings is 1. The fourth-order valence-electron chi connectivity index (χ4n) is 1.45. The summed E-state index contributed by atoms with van der Waals surface area (Å²) in [5.41, 5.74) is 0.594. The Kier molecular flexibility index (Phi) is 5.34. The third-order valence-corrected chi connectivity index (χ3v) is 2.17. The van der Waals surface area contributed by atoms with Gasteiger partial charge in [-0.2, -0.15) is 0 Å². The maximum absolute atomic E-state index is 9.99. The van der Waals surface area contributed by atoms with Crippen molar-refractivity contribution in [3.05, 3.63) is 24.0 Å². The van der Waals surface area contributed by atoms with E-state index in [0.717, 1.165) is 0 Å². The highest BCUT2D eigenvalue weighted by atomic mass is 16.7. The number of methoxy groups -OCH3 is 2. The van der Waals surface area contributed by atoms with Gasteiger partial charge in [-0.05, 0) is 19.9 Å². The molecule has 0 saturated carbocycles. The Balaban J connectivity index is 2.83. The summed E-state index contributed by atoms with van der Waals surface area (Å²) in [6, 6.07) is 1.72. The first-order valence-electron chi connectivity index (χ1n) is 5.43. The predicted octanol–water partition coefficient (Wildman–Crippen LogP) is 1.52. The molecule has 0 amide bonds. The van der Waals surface area contributed by atoms with Crippen LogP contribution < -0.4 is 4.74 Å². The fraction of sp³-hybridized carbons (Fsp3) is 0.583. The topological polar surface area (TPSA) is 60.8 Å². The van der Waals surface area contributed by atoms with Gasteiger partial charge in [0.1, 0.15) is 11.9 Å². The van der Waals surface area contributed by atoms with Gasteiger partial charge in [-0.1, -0.05) is 0 Å². The molecule has 1 aromatic rings. The summed E-state index contributed by atoms with van der Waals surface area (Å²) >= 11 is 0. The van der Waals surface area contributed by atoms with Crippen LogP contribution in [0.1, 0.15) is 25.5 Å². The monoisotopic (exact) mass is 241 g/mol. The van der Waals surface area contributed by atoms with E-state index in [9.17, 15) is 5.11 Å². The summed E-state index contributed by atoms with van der Waals surface area (Å²) in [4.78, 5) is 4.01. The molecule has 1 rings (SSSR count). The molecule has 0 fully saturated rings. The molecule has 0 aromatic carbocycles. The maximum atomic E-state index is 9.99. The van der Waals surface area contributed by atoms with Crippen molar-refractivity contribution in [3.63, 3.8) is 0 Å². The molecule has 0 saturated heterocycles. The minimum absolute atomic E-state index is 0.0600. The summed E-state index contributed by atoms with van der Waals surface area (Å²) < 4.78 is 15.5. The Morgan fingerprint density at radius 2 is 1.82 bits per heavy atom. The van der Waals surface area contributed by atoms with E-state index in [2.05, 4.69) is 4.98 Å². The average molecular weight is 241 g/mol. The Bertz CT molecular complexity index is 339. The van der Waals surface area contributed by atoms with E-state index in [0.29, 0.717) is 11.3 Å². The Morgan fingerprint density at radius 1 is 1.18 bits per heavy atom. The molecule has 1 heterocycles. The first kappa shape index (κ1) is 13.9. The standard InChI is InChI=1S/C12H19NO4/c1-8(2)17-10-5-9(6-13-7-10)11(14)12(15-3)16-4/h5-8,11-12,14H,1-4H3. The summed E-state index contributed by atoms with van der Waals surface area (Å²) in [6.45, 7) is 3.85. The minimum Gasteiger partial charge on any atom is -0.489 e. The van der Waals surface area contributed by atoms with Gasteiger partial charge in [0.15, 0.2) is 6.29 Å². The molecule has 5 heteroatoms. The molecule has 1 atom stereocenters. The third-order valence-electron chi connectivity index (χ3n) is 2.17. The van der Waals surface area contributed by atoms with Gasteiger partial charge in [0.05, 0.1) is 12.3 Å². The van der Waals surface area contributed by atoms with Crippen LogP contribution in [-0.4, -0.2) is 36.7 Å². The van der Waals surface area contributed by atoms with Crippen LogP contribution in [0.5, 0.6) is 5.75 Å². The van der Waals surface area contributed by atoms with Crippen molar-refractivity contribution < 1.29 is 19.3 Å². The van der Waals surface area contributed by atoms with Crippen molar-refractivity contribution in [2.24, 2.45) is 0 Å². The molecule has 0 aliphatic rings. The van der Waals surface area contributed by atoms with Crippen LogP contribution in [0.4, 0.5) is 0 Å². The van der Waals surface area contributed by atoms with E-state index in [1.54, 1.807) is 18.5 Å². The lowest BCUT2D eigenvalue weighted by Crippen LogP contribution is -2.23. The second-order valence-corrected chi connectivity index (χ2v) is 3.91. The lowest BCUT2D eigenvalue weighted by molar-refractivity contribution is -0.166. The van der Waals surface area contributed by atoms with Crippen LogP contribution in [0, 0.1) is 0 Å². The van der Waals surface area contributed by atoms with Crippen molar-refractivity contribution in [1.82, 2.24) is 4.98 Å². The van der Waals surface area contributed by atoms with E-state index in [-0.39, 0.29) is 6.10 Å². The highest BCUT2D eigenvalue weighted by molar-refractivity contribution is 5.25. The normalized spacial score (nSPS) is 13.1. The van der Waals surface area contributed by atoms with Crippen LogP contribution in [-0.2, 0) is 9.47 Å². The van der Waals surface area contributed by atoms with Crippen LogP contribution in [0.3, 0.4) is 0 Å². The number of hydrogen-bond donors (Lipinski definition) is 1. The van der Waals surface area contributed by atoms with E-state index < -0.39 is 12.4 Å². The zero-order valence-electron chi connectivity index (χ0n) is 10.6. The summed E-state index contributed by atoms with van der Waals surface area (Å²) in [7, 11) is 2.94.